The van der Waals surface area contributed by atoms with Crippen LogP contribution in [0.4, 0.5) is 5.69 Å². The molecule has 1 fully saturated rings. The second-order valence-electron chi connectivity index (χ2n) is 5.65. The molecule has 116 valence electrons. The number of nitrogens with two attached hydrogens (primary N) is 1. The summed E-state index contributed by atoms with van der Waals surface area (Å²) in [6, 6.07) is 5.76. The Morgan fingerprint density at radius 2 is 2.14 bits per heavy atom. The van der Waals surface area contributed by atoms with Crippen LogP contribution in [-0.4, -0.2) is 35.7 Å². The van der Waals surface area contributed by atoms with Crippen molar-refractivity contribution in [2.75, 3.05) is 24.5 Å². The predicted molar refractivity (Wildman–Crippen MR) is 90.4 cm³/mol. The lowest BCUT2D eigenvalue weighted by molar-refractivity contribution is 0.0697. The van der Waals surface area contributed by atoms with Crippen molar-refractivity contribution < 1.29 is 9.90 Å². The van der Waals surface area contributed by atoms with Gasteiger partial charge in [0, 0.05) is 29.1 Å². The number of anilines is 1. The summed E-state index contributed by atoms with van der Waals surface area (Å²) in [6.07, 6.45) is 3.45. The minimum atomic E-state index is -0.940. The van der Waals surface area contributed by atoms with Crippen molar-refractivity contribution in [1.82, 2.24) is 4.98 Å². The number of aromatic nitrogens is 1. The standard InChI is InChI=1S/C16H18BrN3O2/c17-11-1-2-14-12(7-11)15(13(9-19-14)16(21)22)20-5-3-10(8-18)4-6-20/h1-2,7,9-10H,3-6,8,18H2,(H,21,22). The normalized spacial score (nSPS) is 16.2. The highest BCUT2D eigenvalue weighted by Gasteiger charge is 2.24. The molecule has 0 unspecified atom stereocenters. The number of aromatic carboxylic acids is 1. The van der Waals surface area contributed by atoms with E-state index >= 15 is 0 Å². The van der Waals surface area contributed by atoms with Crippen molar-refractivity contribution in [3.63, 3.8) is 0 Å². The number of rotatable bonds is 3. The first-order valence-corrected chi connectivity index (χ1v) is 8.16. The average molecular weight is 364 g/mol. The van der Waals surface area contributed by atoms with E-state index in [0.29, 0.717) is 12.5 Å². The van der Waals surface area contributed by atoms with E-state index in [0.717, 1.165) is 47.0 Å². The molecule has 1 aromatic carbocycles. The number of nitrogens with zero attached hydrogens (tertiary/aromatic N) is 2. The van der Waals surface area contributed by atoms with Crippen LogP contribution in [0.5, 0.6) is 0 Å². The van der Waals surface area contributed by atoms with Crippen molar-refractivity contribution in [2.24, 2.45) is 11.7 Å². The molecular formula is C16H18BrN3O2. The van der Waals surface area contributed by atoms with E-state index in [4.69, 9.17) is 5.73 Å². The van der Waals surface area contributed by atoms with Gasteiger partial charge < -0.3 is 15.7 Å². The number of benzene rings is 1. The first-order valence-electron chi connectivity index (χ1n) is 7.36. The molecule has 0 bridgehead atoms. The fourth-order valence-corrected chi connectivity index (χ4v) is 3.40. The molecule has 6 heteroatoms. The lowest BCUT2D eigenvalue weighted by atomic mass is 9.95. The summed E-state index contributed by atoms with van der Waals surface area (Å²) in [5.74, 6) is -0.408. The largest absolute Gasteiger partial charge is 0.478 e. The summed E-state index contributed by atoms with van der Waals surface area (Å²) >= 11 is 3.46. The van der Waals surface area contributed by atoms with E-state index in [-0.39, 0.29) is 5.56 Å². The van der Waals surface area contributed by atoms with Crippen molar-refractivity contribution in [1.29, 1.82) is 0 Å². The summed E-state index contributed by atoms with van der Waals surface area (Å²) in [4.78, 5) is 18.1. The zero-order valence-electron chi connectivity index (χ0n) is 12.1. The fourth-order valence-electron chi connectivity index (χ4n) is 3.04. The van der Waals surface area contributed by atoms with Gasteiger partial charge >= 0.3 is 5.97 Å². The Morgan fingerprint density at radius 3 is 2.77 bits per heavy atom. The highest BCUT2D eigenvalue weighted by Crippen LogP contribution is 2.34. The Kier molecular flexibility index (Phi) is 4.31. The molecule has 3 N–H and O–H groups in total. The first kappa shape index (κ1) is 15.2. The molecule has 3 rings (SSSR count). The molecule has 1 aliphatic heterocycles. The minimum Gasteiger partial charge on any atom is -0.478 e. The van der Waals surface area contributed by atoms with Crippen molar-refractivity contribution in [3.8, 4) is 0 Å². The molecule has 1 aromatic heterocycles. The number of carboxylic acids is 1. The molecule has 0 amide bonds. The molecule has 22 heavy (non-hydrogen) atoms. The quantitative estimate of drug-likeness (QED) is 0.876. The third-order valence-corrected chi connectivity index (χ3v) is 4.79. The van der Waals surface area contributed by atoms with Gasteiger partial charge in [-0.25, -0.2) is 4.79 Å². The van der Waals surface area contributed by atoms with Crippen LogP contribution in [0.25, 0.3) is 10.9 Å². The van der Waals surface area contributed by atoms with Crippen molar-refractivity contribution >= 4 is 38.5 Å². The van der Waals surface area contributed by atoms with Gasteiger partial charge in [0.2, 0.25) is 0 Å². The molecule has 0 atom stereocenters. The van der Waals surface area contributed by atoms with Gasteiger partial charge in [0.05, 0.1) is 11.2 Å². The Balaban J connectivity index is 2.10. The van der Waals surface area contributed by atoms with Crippen LogP contribution in [0.15, 0.2) is 28.9 Å². The van der Waals surface area contributed by atoms with E-state index in [9.17, 15) is 9.90 Å². The zero-order chi connectivity index (χ0) is 15.7. The maximum Gasteiger partial charge on any atom is 0.339 e. The highest BCUT2D eigenvalue weighted by molar-refractivity contribution is 9.10. The fraction of sp³-hybridized carbons (Fsp3) is 0.375. The summed E-state index contributed by atoms with van der Waals surface area (Å²) in [7, 11) is 0. The Labute approximate surface area is 137 Å². The third kappa shape index (κ3) is 2.80. The Bertz CT molecular complexity index is 712. The number of halogens is 1. The number of carboxylic acid groups (broad SMARTS) is 1. The van der Waals surface area contributed by atoms with E-state index in [2.05, 4.69) is 25.8 Å². The Hall–Kier alpha value is -1.66. The van der Waals surface area contributed by atoms with Crippen LogP contribution < -0.4 is 10.6 Å². The number of hydrogen-bond donors (Lipinski definition) is 2. The maximum atomic E-state index is 11.6. The van der Waals surface area contributed by atoms with Crippen LogP contribution >= 0.6 is 15.9 Å². The number of fused-ring (bicyclic) bond motifs is 1. The van der Waals surface area contributed by atoms with Gasteiger partial charge in [0.25, 0.3) is 0 Å². The van der Waals surface area contributed by atoms with Gasteiger partial charge in [-0.05, 0) is 43.5 Å². The topological polar surface area (TPSA) is 79.5 Å². The molecular weight excluding hydrogens is 346 g/mol. The monoisotopic (exact) mass is 363 g/mol. The number of pyridine rings is 1. The molecule has 0 saturated carbocycles. The van der Waals surface area contributed by atoms with Gasteiger partial charge in [-0.1, -0.05) is 15.9 Å². The number of hydrogen-bond acceptors (Lipinski definition) is 4. The van der Waals surface area contributed by atoms with Crippen LogP contribution in [0, 0.1) is 5.92 Å². The summed E-state index contributed by atoms with van der Waals surface area (Å²) < 4.78 is 0.919. The molecule has 0 aliphatic carbocycles. The maximum absolute atomic E-state index is 11.6. The predicted octanol–water partition coefficient (Wildman–Crippen LogP) is 2.87. The lowest BCUT2D eigenvalue weighted by Gasteiger charge is -2.34. The molecule has 0 spiro atoms. The van der Waals surface area contributed by atoms with E-state index < -0.39 is 5.97 Å². The molecule has 0 radical (unpaired) electrons. The van der Waals surface area contributed by atoms with Gasteiger partial charge in [-0.3, -0.25) is 4.98 Å². The summed E-state index contributed by atoms with van der Waals surface area (Å²) in [6.45, 7) is 2.35. The lowest BCUT2D eigenvalue weighted by Crippen LogP contribution is -2.37. The van der Waals surface area contributed by atoms with Gasteiger partial charge in [0.1, 0.15) is 5.56 Å². The van der Waals surface area contributed by atoms with Crippen molar-refractivity contribution in [3.05, 3.63) is 34.4 Å². The molecule has 2 aromatic rings. The van der Waals surface area contributed by atoms with Crippen LogP contribution in [0.2, 0.25) is 0 Å². The van der Waals surface area contributed by atoms with Crippen LogP contribution in [0.1, 0.15) is 23.2 Å². The van der Waals surface area contributed by atoms with Gasteiger partial charge in [0.15, 0.2) is 0 Å². The van der Waals surface area contributed by atoms with Crippen LogP contribution in [0.3, 0.4) is 0 Å². The molecule has 1 saturated heterocycles. The minimum absolute atomic E-state index is 0.261. The van der Waals surface area contributed by atoms with Gasteiger partial charge in [-0.2, -0.15) is 0 Å². The smallest absolute Gasteiger partial charge is 0.339 e. The second-order valence-corrected chi connectivity index (χ2v) is 6.57. The highest BCUT2D eigenvalue weighted by atomic mass is 79.9. The summed E-state index contributed by atoms with van der Waals surface area (Å²) in [5.41, 5.74) is 7.59. The van der Waals surface area contributed by atoms with Crippen LogP contribution in [-0.2, 0) is 0 Å². The van der Waals surface area contributed by atoms with Crippen molar-refractivity contribution in [2.45, 2.75) is 12.8 Å². The van der Waals surface area contributed by atoms with E-state index in [1.807, 2.05) is 18.2 Å². The SMILES string of the molecule is NCC1CCN(c2c(C(=O)O)cnc3ccc(Br)cc23)CC1. The number of carbonyl (C=O) groups is 1. The van der Waals surface area contributed by atoms with Gasteiger partial charge in [-0.15, -0.1) is 0 Å². The van der Waals surface area contributed by atoms with E-state index in [1.165, 1.54) is 6.20 Å². The molecule has 5 nitrogen and oxygen atoms in total. The first-order chi connectivity index (χ1) is 10.6. The Morgan fingerprint density at radius 1 is 1.41 bits per heavy atom. The number of piperidine rings is 1. The second kappa shape index (κ2) is 6.22. The zero-order valence-corrected chi connectivity index (χ0v) is 13.7. The average Bonchev–Trinajstić information content (AvgIpc) is 2.53. The molecule has 2 heterocycles. The molecule has 1 aliphatic rings. The third-order valence-electron chi connectivity index (χ3n) is 4.30. The van der Waals surface area contributed by atoms with E-state index in [1.54, 1.807) is 0 Å². The summed E-state index contributed by atoms with van der Waals surface area (Å²) in [5, 5.41) is 10.4.